The fourth-order valence-corrected chi connectivity index (χ4v) is 3.37. The van der Waals surface area contributed by atoms with E-state index < -0.39 is 0 Å². The first kappa shape index (κ1) is 14.4. The second-order valence-corrected chi connectivity index (χ2v) is 6.76. The van der Waals surface area contributed by atoms with E-state index in [2.05, 4.69) is 38.2 Å². The predicted molar refractivity (Wildman–Crippen MR) is 83.3 cm³/mol. The minimum Gasteiger partial charge on any atom is -0.382 e. The number of benzene rings is 1. The number of ether oxygens (including phenoxy) is 1. The van der Waals surface area contributed by atoms with Crippen LogP contribution >= 0.6 is 0 Å². The number of hydrogen-bond acceptors (Lipinski definition) is 3. The number of para-hydroxylation sites is 1. The highest BCUT2D eigenvalue weighted by molar-refractivity contribution is 5.82. The zero-order chi connectivity index (χ0) is 15.0. The fraction of sp³-hybridized carbons (Fsp3) is 0.588. The van der Waals surface area contributed by atoms with Crippen molar-refractivity contribution in [3.63, 3.8) is 0 Å². The van der Waals surface area contributed by atoms with E-state index in [1.54, 1.807) is 0 Å². The van der Waals surface area contributed by atoms with Gasteiger partial charge in [-0.05, 0) is 38.8 Å². The van der Waals surface area contributed by atoms with Crippen molar-refractivity contribution in [3.8, 4) is 0 Å². The standard InChI is InChI=1S/C17H24N2O2/c1-12-14(10-13-6-4-5-7-15(13)18-12)16(20)19-8-9-21-11-17(19,2)3/h4-7,12,14,18H,8-11H2,1-3H3. The van der Waals surface area contributed by atoms with Crippen molar-refractivity contribution in [1.82, 2.24) is 4.90 Å². The van der Waals surface area contributed by atoms with Crippen LogP contribution in [0.3, 0.4) is 0 Å². The average molecular weight is 288 g/mol. The maximum absolute atomic E-state index is 13.0. The van der Waals surface area contributed by atoms with Gasteiger partial charge in [-0.25, -0.2) is 0 Å². The summed E-state index contributed by atoms with van der Waals surface area (Å²) in [7, 11) is 0. The van der Waals surface area contributed by atoms with Gasteiger partial charge in [0, 0.05) is 18.3 Å². The van der Waals surface area contributed by atoms with Gasteiger partial charge in [-0.15, -0.1) is 0 Å². The van der Waals surface area contributed by atoms with Crippen LogP contribution in [0.25, 0.3) is 0 Å². The highest BCUT2D eigenvalue weighted by Crippen LogP contribution is 2.31. The molecule has 0 aliphatic carbocycles. The molecule has 2 heterocycles. The Bertz CT molecular complexity index is 541. The molecule has 114 valence electrons. The first-order valence-electron chi connectivity index (χ1n) is 7.73. The van der Waals surface area contributed by atoms with Crippen LogP contribution in [0.2, 0.25) is 0 Å². The molecule has 0 bridgehead atoms. The predicted octanol–water partition coefficient (Wildman–Crippen LogP) is 2.30. The summed E-state index contributed by atoms with van der Waals surface area (Å²) in [6.45, 7) is 8.21. The van der Waals surface area contributed by atoms with Crippen LogP contribution < -0.4 is 5.32 Å². The molecule has 4 heteroatoms. The molecule has 1 aromatic carbocycles. The number of rotatable bonds is 1. The second-order valence-electron chi connectivity index (χ2n) is 6.76. The molecule has 1 amide bonds. The molecule has 1 saturated heterocycles. The molecule has 0 radical (unpaired) electrons. The van der Waals surface area contributed by atoms with Gasteiger partial charge < -0.3 is 15.0 Å². The number of amides is 1. The number of anilines is 1. The zero-order valence-corrected chi connectivity index (χ0v) is 13.1. The first-order valence-corrected chi connectivity index (χ1v) is 7.73. The van der Waals surface area contributed by atoms with Crippen molar-refractivity contribution >= 4 is 11.6 Å². The van der Waals surface area contributed by atoms with Gasteiger partial charge in [0.05, 0.1) is 24.7 Å². The lowest BCUT2D eigenvalue weighted by atomic mass is 9.85. The van der Waals surface area contributed by atoms with Gasteiger partial charge in [0.25, 0.3) is 0 Å². The van der Waals surface area contributed by atoms with Gasteiger partial charge in [-0.2, -0.15) is 0 Å². The van der Waals surface area contributed by atoms with Crippen molar-refractivity contribution < 1.29 is 9.53 Å². The summed E-state index contributed by atoms with van der Waals surface area (Å²) in [5.74, 6) is 0.245. The van der Waals surface area contributed by atoms with E-state index in [4.69, 9.17) is 4.74 Å². The summed E-state index contributed by atoms with van der Waals surface area (Å²) in [6, 6.07) is 8.43. The summed E-state index contributed by atoms with van der Waals surface area (Å²) >= 11 is 0. The zero-order valence-electron chi connectivity index (χ0n) is 13.1. The quantitative estimate of drug-likeness (QED) is 0.862. The summed E-state index contributed by atoms with van der Waals surface area (Å²) in [4.78, 5) is 15.0. The molecule has 2 aliphatic rings. The number of nitrogens with zero attached hydrogens (tertiary/aromatic N) is 1. The lowest BCUT2D eigenvalue weighted by molar-refractivity contribution is -0.151. The molecule has 3 rings (SSSR count). The smallest absolute Gasteiger partial charge is 0.228 e. The summed E-state index contributed by atoms with van der Waals surface area (Å²) in [5.41, 5.74) is 2.18. The van der Waals surface area contributed by atoms with E-state index in [1.165, 1.54) is 5.56 Å². The Balaban J connectivity index is 1.82. The van der Waals surface area contributed by atoms with Crippen LogP contribution in [0.5, 0.6) is 0 Å². The van der Waals surface area contributed by atoms with Crippen LogP contribution in [0.15, 0.2) is 24.3 Å². The molecule has 2 atom stereocenters. The second kappa shape index (κ2) is 5.34. The fourth-order valence-electron chi connectivity index (χ4n) is 3.37. The molecule has 21 heavy (non-hydrogen) atoms. The minimum absolute atomic E-state index is 0.00252. The number of nitrogens with one attached hydrogen (secondary N) is 1. The average Bonchev–Trinajstić information content (AvgIpc) is 2.45. The first-order chi connectivity index (χ1) is 9.99. The molecule has 0 aromatic heterocycles. The Labute approximate surface area is 126 Å². The molecular formula is C17H24N2O2. The van der Waals surface area contributed by atoms with Crippen molar-refractivity contribution in [2.24, 2.45) is 5.92 Å². The lowest BCUT2D eigenvalue weighted by Gasteiger charge is -2.45. The van der Waals surface area contributed by atoms with E-state index in [0.717, 1.165) is 12.1 Å². The molecule has 1 N–H and O–H groups in total. The number of morpholine rings is 1. The number of fused-ring (bicyclic) bond motifs is 1. The van der Waals surface area contributed by atoms with Crippen molar-refractivity contribution in [1.29, 1.82) is 0 Å². The van der Waals surface area contributed by atoms with Gasteiger partial charge in [0.1, 0.15) is 0 Å². The molecule has 2 unspecified atom stereocenters. The normalized spacial score (nSPS) is 27.7. The van der Waals surface area contributed by atoms with Gasteiger partial charge in [-0.3, -0.25) is 4.79 Å². The molecule has 2 aliphatic heterocycles. The van der Waals surface area contributed by atoms with Gasteiger partial charge in [-0.1, -0.05) is 18.2 Å². The third-order valence-corrected chi connectivity index (χ3v) is 4.67. The molecule has 1 aromatic rings. The highest BCUT2D eigenvalue weighted by Gasteiger charge is 2.40. The van der Waals surface area contributed by atoms with E-state index in [0.29, 0.717) is 19.8 Å². The Morgan fingerprint density at radius 1 is 1.38 bits per heavy atom. The molecule has 0 spiro atoms. The van der Waals surface area contributed by atoms with Crippen molar-refractivity contribution in [2.45, 2.75) is 38.8 Å². The van der Waals surface area contributed by atoms with Crippen LogP contribution in [0.4, 0.5) is 5.69 Å². The minimum atomic E-state index is -0.216. The van der Waals surface area contributed by atoms with E-state index in [-0.39, 0.29) is 23.4 Å². The van der Waals surface area contributed by atoms with Crippen LogP contribution in [0, 0.1) is 5.92 Å². The van der Waals surface area contributed by atoms with Gasteiger partial charge in [0.15, 0.2) is 0 Å². The van der Waals surface area contributed by atoms with E-state index in [1.807, 2.05) is 17.0 Å². The number of carbonyl (C=O) groups is 1. The maximum Gasteiger partial charge on any atom is 0.228 e. The summed E-state index contributed by atoms with van der Waals surface area (Å²) in [5, 5.41) is 3.48. The molecule has 4 nitrogen and oxygen atoms in total. The molecule has 0 saturated carbocycles. The topological polar surface area (TPSA) is 41.6 Å². The van der Waals surface area contributed by atoms with Crippen LogP contribution in [-0.4, -0.2) is 42.1 Å². The Morgan fingerprint density at radius 2 is 2.14 bits per heavy atom. The van der Waals surface area contributed by atoms with E-state index in [9.17, 15) is 4.79 Å². The van der Waals surface area contributed by atoms with Gasteiger partial charge >= 0.3 is 0 Å². The summed E-state index contributed by atoms with van der Waals surface area (Å²) < 4.78 is 5.53. The highest BCUT2D eigenvalue weighted by atomic mass is 16.5. The molecular weight excluding hydrogens is 264 g/mol. The van der Waals surface area contributed by atoms with Crippen LogP contribution in [0.1, 0.15) is 26.3 Å². The SMILES string of the molecule is CC1Nc2ccccc2CC1C(=O)N1CCOCC1(C)C. The Kier molecular flexibility index (Phi) is 3.66. The van der Waals surface area contributed by atoms with Crippen molar-refractivity contribution in [3.05, 3.63) is 29.8 Å². The molecule has 1 fully saturated rings. The third kappa shape index (κ3) is 2.64. The lowest BCUT2D eigenvalue weighted by Crippen LogP contribution is -2.59. The Hall–Kier alpha value is -1.55. The third-order valence-electron chi connectivity index (χ3n) is 4.67. The summed E-state index contributed by atoms with van der Waals surface area (Å²) in [6.07, 6.45) is 0.816. The van der Waals surface area contributed by atoms with Crippen molar-refractivity contribution in [2.75, 3.05) is 25.1 Å². The number of hydrogen-bond donors (Lipinski definition) is 1. The largest absolute Gasteiger partial charge is 0.382 e. The van der Waals surface area contributed by atoms with E-state index >= 15 is 0 Å². The van der Waals surface area contributed by atoms with Crippen LogP contribution in [-0.2, 0) is 16.0 Å². The maximum atomic E-state index is 13.0. The van der Waals surface area contributed by atoms with Gasteiger partial charge in [0.2, 0.25) is 5.91 Å². The number of carbonyl (C=O) groups excluding carboxylic acids is 1. The Morgan fingerprint density at radius 3 is 2.90 bits per heavy atom. The monoisotopic (exact) mass is 288 g/mol.